The van der Waals surface area contributed by atoms with Crippen molar-refractivity contribution in [3.05, 3.63) is 65.2 Å². The summed E-state index contributed by atoms with van der Waals surface area (Å²) in [5.74, 6) is 0.731. The number of ether oxygens (including phenoxy) is 2. The summed E-state index contributed by atoms with van der Waals surface area (Å²) in [4.78, 5) is 2.48. The van der Waals surface area contributed by atoms with Gasteiger partial charge < -0.3 is 9.47 Å². The molecule has 3 nitrogen and oxygen atoms in total. The smallest absolute Gasteiger partial charge is 0.123 e. The lowest BCUT2D eigenvalue weighted by molar-refractivity contribution is -0.0799. The normalized spacial score (nSPS) is 19.1. The van der Waals surface area contributed by atoms with Crippen molar-refractivity contribution in [2.75, 3.05) is 26.4 Å². The zero-order valence-corrected chi connectivity index (χ0v) is 14.4. The van der Waals surface area contributed by atoms with E-state index in [-0.39, 0.29) is 12.2 Å². The van der Waals surface area contributed by atoms with Gasteiger partial charge >= 0.3 is 0 Å². The summed E-state index contributed by atoms with van der Waals surface area (Å²) in [6.07, 6.45) is 2.09. The third-order valence-electron chi connectivity index (χ3n) is 5.35. The molecule has 25 heavy (non-hydrogen) atoms. The Morgan fingerprint density at radius 3 is 2.56 bits per heavy atom. The third-order valence-corrected chi connectivity index (χ3v) is 5.35. The molecule has 0 aliphatic carbocycles. The van der Waals surface area contributed by atoms with Gasteiger partial charge in [-0.1, -0.05) is 36.4 Å². The van der Waals surface area contributed by atoms with E-state index in [4.69, 9.17) is 9.47 Å². The highest BCUT2D eigenvalue weighted by Gasteiger charge is 2.42. The molecule has 0 aromatic heterocycles. The van der Waals surface area contributed by atoms with Crippen molar-refractivity contribution in [3.63, 3.8) is 0 Å². The van der Waals surface area contributed by atoms with Crippen molar-refractivity contribution >= 4 is 0 Å². The molecule has 0 amide bonds. The number of halogens is 1. The molecule has 2 aromatic carbocycles. The minimum Gasteiger partial charge on any atom is -0.491 e. The summed E-state index contributed by atoms with van der Waals surface area (Å²) >= 11 is 0. The topological polar surface area (TPSA) is 21.7 Å². The second-order valence-corrected chi connectivity index (χ2v) is 6.90. The van der Waals surface area contributed by atoms with Crippen molar-refractivity contribution in [1.29, 1.82) is 0 Å². The van der Waals surface area contributed by atoms with Crippen LogP contribution in [0.2, 0.25) is 0 Å². The molecule has 0 bridgehead atoms. The second-order valence-electron chi connectivity index (χ2n) is 6.90. The van der Waals surface area contributed by atoms with E-state index in [0.717, 1.165) is 44.8 Å². The summed E-state index contributed by atoms with van der Waals surface area (Å²) in [5, 5.41) is 0. The van der Waals surface area contributed by atoms with E-state index in [0.29, 0.717) is 0 Å². The monoisotopic (exact) mass is 340 g/mol. The minimum atomic E-state index is -0.456. The Hall–Kier alpha value is -1.91. The van der Waals surface area contributed by atoms with E-state index in [1.165, 1.54) is 16.7 Å². The van der Waals surface area contributed by atoms with Crippen LogP contribution in [-0.2, 0) is 23.5 Å². The van der Waals surface area contributed by atoms with Gasteiger partial charge in [-0.15, -0.1) is 0 Å². The summed E-state index contributed by atoms with van der Waals surface area (Å²) in [5.41, 5.74) is 3.93. The fourth-order valence-corrected chi connectivity index (χ4v) is 3.98. The summed E-state index contributed by atoms with van der Waals surface area (Å²) in [7, 11) is 0. The maximum atomic E-state index is 12.1. The van der Waals surface area contributed by atoms with Gasteiger partial charge in [-0.2, -0.15) is 0 Å². The van der Waals surface area contributed by atoms with Crippen LogP contribution in [0.1, 0.15) is 29.5 Å². The molecule has 4 heteroatoms. The van der Waals surface area contributed by atoms with Crippen LogP contribution in [0.25, 0.3) is 0 Å². The van der Waals surface area contributed by atoms with E-state index < -0.39 is 6.67 Å². The predicted octanol–water partition coefficient (Wildman–Crippen LogP) is 4.06. The molecule has 2 aliphatic rings. The van der Waals surface area contributed by atoms with Crippen molar-refractivity contribution in [2.45, 2.75) is 31.6 Å². The molecule has 2 aromatic rings. The summed E-state index contributed by atoms with van der Waals surface area (Å²) in [6, 6.07) is 16.6. The van der Waals surface area contributed by atoms with E-state index in [1.54, 1.807) is 0 Å². The number of hydrogen-bond donors (Lipinski definition) is 0. The van der Waals surface area contributed by atoms with Crippen LogP contribution < -0.4 is 4.74 Å². The van der Waals surface area contributed by atoms with E-state index in [1.807, 2.05) is 12.1 Å². The maximum Gasteiger partial charge on any atom is 0.123 e. The van der Waals surface area contributed by atoms with Gasteiger partial charge in [-0.25, -0.2) is 4.39 Å². The van der Waals surface area contributed by atoms with Crippen molar-refractivity contribution in [1.82, 2.24) is 4.90 Å². The van der Waals surface area contributed by atoms with Crippen molar-refractivity contribution in [2.24, 2.45) is 0 Å². The third kappa shape index (κ3) is 3.42. The molecular weight excluding hydrogens is 316 g/mol. The number of likely N-dealkylation sites (tertiary alicyclic amines) is 1. The average molecular weight is 340 g/mol. The predicted molar refractivity (Wildman–Crippen MR) is 95.3 cm³/mol. The molecular formula is C21H24FNO2. The lowest BCUT2D eigenvalue weighted by Crippen LogP contribution is -2.42. The lowest BCUT2D eigenvalue weighted by Gasteiger charge is -2.39. The molecule has 1 spiro atoms. The van der Waals surface area contributed by atoms with Crippen LogP contribution in [-0.4, -0.2) is 31.3 Å². The Bertz CT molecular complexity index is 708. The highest BCUT2D eigenvalue weighted by atomic mass is 18.2. The second kappa shape index (κ2) is 7.14. The highest BCUT2D eigenvalue weighted by Crippen LogP contribution is 2.44. The average Bonchev–Trinajstić information content (AvgIpc) is 3.02. The standard InChI is InChI=1S/C21H24FNO2/c22-11-14-24-19-7-5-17(6-8-19)15-23-12-9-21(10-13-23)20-4-2-1-3-18(20)16-25-21/h1-8H,9-16H2/i22-1. The van der Waals surface area contributed by atoms with Crippen LogP contribution >= 0.6 is 0 Å². The van der Waals surface area contributed by atoms with Gasteiger partial charge in [0.05, 0.1) is 12.2 Å². The van der Waals surface area contributed by atoms with Gasteiger partial charge in [0.1, 0.15) is 19.0 Å². The van der Waals surface area contributed by atoms with Gasteiger partial charge in [0.2, 0.25) is 0 Å². The highest BCUT2D eigenvalue weighted by molar-refractivity contribution is 5.36. The quantitative estimate of drug-likeness (QED) is 0.819. The number of hydrogen-bond acceptors (Lipinski definition) is 3. The molecule has 2 heterocycles. The number of nitrogens with zero attached hydrogens (tertiary/aromatic N) is 1. The number of piperidine rings is 1. The van der Waals surface area contributed by atoms with Gasteiger partial charge in [0.15, 0.2) is 0 Å². The molecule has 0 N–H and O–H groups in total. The molecule has 0 saturated carbocycles. The first-order chi connectivity index (χ1) is 12.3. The summed E-state index contributed by atoms with van der Waals surface area (Å²) in [6.45, 7) is 3.41. The molecule has 0 unspecified atom stereocenters. The number of alkyl halides is 1. The Morgan fingerprint density at radius 2 is 1.80 bits per heavy atom. The molecule has 2 aliphatic heterocycles. The van der Waals surface area contributed by atoms with Crippen molar-refractivity contribution in [3.8, 4) is 5.75 Å². The lowest BCUT2D eigenvalue weighted by atomic mass is 9.84. The summed E-state index contributed by atoms with van der Waals surface area (Å²) < 4.78 is 23.7. The van der Waals surface area contributed by atoms with Gasteiger partial charge in [0, 0.05) is 19.6 Å². The molecule has 0 radical (unpaired) electrons. The zero-order chi connectivity index (χ0) is 17.1. The minimum absolute atomic E-state index is 0.0723. The van der Waals surface area contributed by atoms with E-state index >= 15 is 0 Å². The van der Waals surface area contributed by atoms with Gasteiger partial charge in [-0.05, 0) is 41.7 Å². The Labute approximate surface area is 148 Å². The van der Waals surface area contributed by atoms with E-state index in [2.05, 4.69) is 41.3 Å². The van der Waals surface area contributed by atoms with Crippen LogP contribution in [0, 0.1) is 0 Å². The fourth-order valence-electron chi connectivity index (χ4n) is 3.98. The van der Waals surface area contributed by atoms with Gasteiger partial charge in [0.25, 0.3) is 0 Å². The Kier molecular flexibility index (Phi) is 4.73. The van der Waals surface area contributed by atoms with Gasteiger partial charge in [-0.3, -0.25) is 4.90 Å². The van der Waals surface area contributed by atoms with Crippen LogP contribution in [0.4, 0.5) is 4.39 Å². The number of benzene rings is 2. The molecule has 1 fully saturated rings. The molecule has 132 valence electrons. The Balaban J connectivity index is 1.35. The first kappa shape index (κ1) is 16.6. The molecule has 1 saturated heterocycles. The first-order valence-electron chi connectivity index (χ1n) is 9.01. The first-order valence-corrected chi connectivity index (χ1v) is 9.01. The fraction of sp³-hybridized carbons (Fsp3) is 0.429. The Morgan fingerprint density at radius 1 is 1.04 bits per heavy atom. The largest absolute Gasteiger partial charge is 0.491 e. The van der Waals surface area contributed by atoms with Crippen LogP contribution in [0.5, 0.6) is 5.75 Å². The van der Waals surface area contributed by atoms with E-state index in [9.17, 15) is 4.39 Å². The van der Waals surface area contributed by atoms with Crippen LogP contribution in [0.3, 0.4) is 0 Å². The maximum absolute atomic E-state index is 12.1. The molecule has 4 rings (SSSR count). The molecule has 0 atom stereocenters. The number of rotatable bonds is 5. The number of fused-ring (bicyclic) bond motifs is 2. The van der Waals surface area contributed by atoms with Crippen LogP contribution in [0.15, 0.2) is 48.5 Å². The zero-order valence-electron chi connectivity index (χ0n) is 14.4. The SMILES string of the molecule is [18F]CCOc1ccc(CN2CCC3(CC2)OCc2ccccc23)cc1. The van der Waals surface area contributed by atoms with Crippen molar-refractivity contribution < 1.29 is 13.9 Å².